The number of halogens is 1. The van der Waals surface area contributed by atoms with Crippen molar-refractivity contribution in [1.82, 2.24) is 5.32 Å². The number of nitrogens with one attached hydrogen (secondary N) is 1. The molecule has 0 aliphatic carbocycles. The highest BCUT2D eigenvalue weighted by atomic mass is 19.1. The fourth-order valence-electron chi connectivity index (χ4n) is 1.41. The van der Waals surface area contributed by atoms with E-state index in [1.54, 1.807) is 13.8 Å². The van der Waals surface area contributed by atoms with Crippen molar-refractivity contribution in [3.8, 4) is 5.75 Å². The number of amides is 1. The zero-order valence-electron chi connectivity index (χ0n) is 9.20. The van der Waals surface area contributed by atoms with Gasteiger partial charge >= 0.3 is 0 Å². The monoisotopic (exact) mass is 226 g/mol. The van der Waals surface area contributed by atoms with Gasteiger partial charge in [-0.3, -0.25) is 10.1 Å². The van der Waals surface area contributed by atoms with Gasteiger partial charge in [-0.1, -0.05) is 6.07 Å². The lowest BCUT2D eigenvalue weighted by molar-refractivity contribution is -0.119. The number of hydrogen-bond donors (Lipinski definition) is 3. The summed E-state index contributed by atoms with van der Waals surface area (Å²) in [5, 5.41) is 11.9. The molecular formula is C11H15FN2O2. The van der Waals surface area contributed by atoms with Gasteiger partial charge in [-0.2, -0.15) is 0 Å². The van der Waals surface area contributed by atoms with Crippen LogP contribution in [0, 0.1) is 5.82 Å². The van der Waals surface area contributed by atoms with E-state index in [-0.39, 0.29) is 11.8 Å². The van der Waals surface area contributed by atoms with Crippen LogP contribution in [0.3, 0.4) is 0 Å². The maximum absolute atomic E-state index is 13.4. The first-order chi connectivity index (χ1) is 7.41. The molecule has 1 amide bonds. The maximum Gasteiger partial charge on any atom is 0.234 e. The van der Waals surface area contributed by atoms with Gasteiger partial charge in [-0.05, 0) is 19.9 Å². The summed E-state index contributed by atoms with van der Waals surface area (Å²) in [5.41, 5.74) is 5.47. The van der Waals surface area contributed by atoms with Crippen LogP contribution in [-0.2, 0) is 4.79 Å². The van der Waals surface area contributed by atoms with Crippen molar-refractivity contribution in [2.75, 3.05) is 0 Å². The highest BCUT2D eigenvalue weighted by molar-refractivity contribution is 5.79. The van der Waals surface area contributed by atoms with Gasteiger partial charge in [0.05, 0.1) is 6.04 Å². The first-order valence-electron chi connectivity index (χ1n) is 4.95. The second kappa shape index (κ2) is 4.94. The third kappa shape index (κ3) is 2.93. The Bertz CT molecular complexity index is 396. The molecule has 1 aromatic rings. The number of nitrogens with two attached hydrogens (primary N) is 1. The molecule has 4 nitrogen and oxygen atoms in total. The number of phenolic OH excluding ortho intramolecular Hbond substituents is 1. The molecule has 0 bridgehead atoms. The number of primary amides is 1. The fourth-order valence-corrected chi connectivity index (χ4v) is 1.41. The van der Waals surface area contributed by atoms with Gasteiger partial charge in [0, 0.05) is 17.7 Å². The first-order valence-corrected chi connectivity index (χ1v) is 4.95. The number of hydrogen-bond acceptors (Lipinski definition) is 3. The highest BCUT2D eigenvalue weighted by Gasteiger charge is 2.16. The molecule has 88 valence electrons. The number of rotatable bonds is 4. The van der Waals surface area contributed by atoms with Gasteiger partial charge in [-0.25, -0.2) is 4.39 Å². The standard InChI is InChI=1S/C11H15FN2O2/c1-6(14-7(2)11(13)16)9-4-3-8(15)5-10(9)12/h3-7,14-15H,1-2H3,(H2,13,16). The third-order valence-electron chi connectivity index (χ3n) is 2.38. The number of benzene rings is 1. The van der Waals surface area contributed by atoms with E-state index in [1.807, 2.05) is 0 Å². The van der Waals surface area contributed by atoms with Crippen molar-refractivity contribution in [2.45, 2.75) is 25.9 Å². The molecule has 1 aromatic carbocycles. The lowest BCUT2D eigenvalue weighted by Crippen LogP contribution is -2.40. The lowest BCUT2D eigenvalue weighted by atomic mass is 10.1. The molecule has 1 rings (SSSR count). The van der Waals surface area contributed by atoms with Crippen LogP contribution >= 0.6 is 0 Å². The molecule has 0 aliphatic rings. The molecule has 0 fully saturated rings. The minimum atomic E-state index is -0.539. The summed E-state index contributed by atoms with van der Waals surface area (Å²) in [5.74, 6) is -1.14. The number of aromatic hydroxyl groups is 1. The van der Waals surface area contributed by atoms with Crippen molar-refractivity contribution in [3.63, 3.8) is 0 Å². The molecule has 0 heterocycles. The van der Waals surface area contributed by atoms with E-state index in [0.29, 0.717) is 5.56 Å². The lowest BCUT2D eigenvalue weighted by Gasteiger charge is -2.18. The van der Waals surface area contributed by atoms with Crippen molar-refractivity contribution >= 4 is 5.91 Å². The Morgan fingerprint density at radius 1 is 1.50 bits per heavy atom. The molecule has 2 unspecified atom stereocenters. The van der Waals surface area contributed by atoms with Crippen LogP contribution in [-0.4, -0.2) is 17.1 Å². The first kappa shape index (κ1) is 12.4. The number of carbonyl (C=O) groups excluding carboxylic acids is 1. The van der Waals surface area contributed by atoms with Crippen molar-refractivity contribution in [2.24, 2.45) is 5.73 Å². The smallest absolute Gasteiger partial charge is 0.234 e. The summed E-state index contributed by atoms with van der Waals surface area (Å²) in [6.07, 6.45) is 0. The topological polar surface area (TPSA) is 75.3 Å². The van der Waals surface area contributed by atoms with E-state index in [0.717, 1.165) is 6.07 Å². The third-order valence-corrected chi connectivity index (χ3v) is 2.38. The van der Waals surface area contributed by atoms with E-state index in [9.17, 15) is 9.18 Å². The quantitative estimate of drug-likeness (QED) is 0.718. The van der Waals surface area contributed by atoms with Crippen LogP contribution in [0.1, 0.15) is 25.5 Å². The molecule has 0 spiro atoms. The van der Waals surface area contributed by atoms with Crippen molar-refractivity contribution in [1.29, 1.82) is 0 Å². The summed E-state index contributed by atoms with van der Waals surface area (Å²) in [6, 6.07) is 3.00. The Labute approximate surface area is 93.3 Å². The molecular weight excluding hydrogens is 211 g/mol. The fraction of sp³-hybridized carbons (Fsp3) is 0.364. The van der Waals surface area contributed by atoms with Gasteiger partial charge < -0.3 is 10.8 Å². The average Bonchev–Trinajstić information content (AvgIpc) is 2.16. The maximum atomic E-state index is 13.4. The van der Waals surface area contributed by atoms with E-state index in [1.165, 1.54) is 12.1 Å². The van der Waals surface area contributed by atoms with Crippen LogP contribution in [0.4, 0.5) is 4.39 Å². The Kier molecular flexibility index (Phi) is 3.84. The molecule has 0 radical (unpaired) electrons. The van der Waals surface area contributed by atoms with Crippen LogP contribution in [0.25, 0.3) is 0 Å². The van der Waals surface area contributed by atoms with Gasteiger partial charge in [0.15, 0.2) is 0 Å². The van der Waals surface area contributed by atoms with Crippen molar-refractivity contribution < 1.29 is 14.3 Å². The molecule has 16 heavy (non-hydrogen) atoms. The predicted octanol–water partition coefficient (Wildman–Crippen LogP) is 1.06. The minimum Gasteiger partial charge on any atom is -0.508 e. The minimum absolute atomic E-state index is 0.128. The molecule has 2 atom stereocenters. The zero-order chi connectivity index (χ0) is 12.3. The van der Waals surface area contributed by atoms with E-state index in [2.05, 4.69) is 5.32 Å². The van der Waals surface area contributed by atoms with Crippen molar-refractivity contribution in [3.05, 3.63) is 29.6 Å². The number of phenols is 1. The number of carbonyl (C=O) groups is 1. The average molecular weight is 226 g/mol. The van der Waals surface area contributed by atoms with Gasteiger partial charge in [0.2, 0.25) is 5.91 Å². The van der Waals surface area contributed by atoms with E-state index in [4.69, 9.17) is 10.8 Å². The van der Waals surface area contributed by atoms with E-state index >= 15 is 0 Å². The molecule has 0 saturated carbocycles. The van der Waals surface area contributed by atoms with E-state index < -0.39 is 17.8 Å². The van der Waals surface area contributed by atoms with Gasteiger partial charge in [-0.15, -0.1) is 0 Å². The second-order valence-electron chi connectivity index (χ2n) is 3.72. The Balaban J connectivity index is 2.80. The van der Waals surface area contributed by atoms with Gasteiger partial charge in [0.25, 0.3) is 0 Å². The van der Waals surface area contributed by atoms with Gasteiger partial charge in [0.1, 0.15) is 11.6 Å². The Hall–Kier alpha value is -1.62. The molecule has 0 aromatic heterocycles. The summed E-state index contributed by atoms with van der Waals surface area (Å²) in [4.78, 5) is 10.8. The Morgan fingerprint density at radius 3 is 2.62 bits per heavy atom. The van der Waals surface area contributed by atoms with Crippen LogP contribution in [0.5, 0.6) is 5.75 Å². The molecule has 0 saturated heterocycles. The second-order valence-corrected chi connectivity index (χ2v) is 3.72. The molecule has 4 N–H and O–H groups in total. The summed E-state index contributed by atoms with van der Waals surface area (Å²) in [6.45, 7) is 3.33. The van der Waals surface area contributed by atoms with Crippen LogP contribution in [0.2, 0.25) is 0 Å². The van der Waals surface area contributed by atoms with Crippen LogP contribution in [0.15, 0.2) is 18.2 Å². The summed E-state index contributed by atoms with van der Waals surface area (Å²) in [7, 11) is 0. The largest absolute Gasteiger partial charge is 0.508 e. The van der Waals surface area contributed by atoms with Crippen LogP contribution < -0.4 is 11.1 Å². The Morgan fingerprint density at radius 2 is 2.12 bits per heavy atom. The normalized spacial score (nSPS) is 14.4. The predicted molar refractivity (Wildman–Crippen MR) is 58.3 cm³/mol. The molecule has 5 heteroatoms. The summed E-state index contributed by atoms with van der Waals surface area (Å²) >= 11 is 0. The highest BCUT2D eigenvalue weighted by Crippen LogP contribution is 2.21. The zero-order valence-corrected chi connectivity index (χ0v) is 9.20. The molecule has 0 aliphatic heterocycles. The SMILES string of the molecule is CC(NC(C)c1ccc(O)cc1F)C(N)=O. The summed E-state index contributed by atoms with van der Waals surface area (Å²) < 4.78 is 13.4.